The molecule has 1 unspecified atom stereocenters. The highest BCUT2D eigenvalue weighted by Crippen LogP contribution is 2.18. The van der Waals surface area contributed by atoms with Crippen molar-refractivity contribution in [3.8, 4) is 11.8 Å². The minimum absolute atomic E-state index is 0.124. The molecular weight excluding hydrogens is 189 g/mol. The van der Waals surface area contributed by atoms with Crippen LogP contribution in [0, 0.1) is 24.6 Å². The molecule has 0 saturated heterocycles. The van der Waals surface area contributed by atoms with Crippen LogP contribution in [0.15, 0.2) is 18.2 Å². The van der Waals surface area contributed by atoms with Crippen LogP contribution < -0.4 is 5.73 Å². The van der Waals surface area contributed by atoms with Crippen LogP contribution in [0.5, 0.6) is 0 Å². The van der Waals surface area contributed by atoms with Crippen LogP contribution in [-0.2, 0) is 0 Å². The van der Waals surface area contributed by atoms with E-state index in [9.17, 15) is 4.39 Å². The summed E-state index contributed by atoms with van der Waals surface area (Å²) in [5.41, 5.74) is 7.42. The van der Waals surface area contributed by atoms with Gasteiger partial charge in [-0.05, 0) is 37.5 Å². The lowest BCUT2D eigenvalue weighted by molar-refractivity contribution is 0.604. The van der Waals surface area contributed by atoms with Crippen LogP contribution in [0.3, 0.4) is 0 Å². The lowest BCUT2D eigenvalue weighted by Gasteiger charge is -2.10. The predicted octanol–water partition coefficient (Wildman–Crippen LogP) is 2.94. The third-order valence-corrected chi connectivity index (χ3v) is 2.38. The van der Waals surface area contributed by atoms with Crippen molar-refractivity contribution in [1.82, 2.24) is 0 Å². The molecule has 0 bridgehead atoms. The van der Waals surface area contributed by atoms with Gasteiger partial charge in [0.2, 0.25) is 0 Å². The number of hydrogen-bond acceptors (Lipinski definition) is 1. The van der Waals surface area contributed by atoms with Gasteiger partial charge in [0.25, 0.3) is 0 Å². The minimum Gasteiger partial charge on any atom is -0.324 e. The molecule has 0 aromatic heterocycles. The van der Waals surface area contributed by atoms with E-state index in [0.717, 1.165) is 18.4 Å². The Morgan fingerprint density at radius 1 is 1.47 bits per heavy atom. The molecule has 0 radical (unpaired) electrons. The van der Waals surface area contributed by atoms with Crippen LogP contribution in [0.2, 0.25) is 0 Å². The zero-order valence-corrected chi connectivity index (χ0v) is 9.18. The van der Waals surface area contributed by atoms with Gasteiger partial charge in [-0.3, -0.25) is 0 Å². The normalized spacial score (nSPS) is 11.7. The van der Waals surface area contributed by atoms with Gasteiger partial charge in [0, 0.05) is 12.5 Å². The maximum Gasteiger partial charge on any atom is 0.126 e. The summed E-state index contributed by atoms with van der Waals surface area (Å²) in [4.78, 5) is 0. The standard InChI is InChI=1S/C13H16FN/c1-3-4-5-6-13(15)11-8-7-10(2)12(14)9-11/h7-9,13H,5-6,15H2,1-2H3. The average Bonchev–Trinajstić information content (AvgIpc) is 2.22. The fourth-order valence-corrected chi connectivity index (χ4v) is 1.36. The summed E-state index contributed by atoms with van der Waals surface area (Å²) in [5, 5.41) is 0. The lowest BCUT2D eigenvalue weighted by atomic mass is 10.0. The molecule has 0 aliphatic heterocycles. The van der Waals surface area contributed by atoms with E-state index in [1.807, 2.05) is 6.07 Å². The lowest BCUT2D eigenvalue weighted by Crippen LogP contribution is -2.10. The third-order valence-electron chi connectivity index (χ3n) is 2.38. The van der Waals surface area contributed by atoms with Gasteiger partial charge >= 0.3 is 0 Å². The SMILES string of the molecule is CC#CCCC(N)c1ccc(C)c(F)c1. The predicted molar refractivity (Wildman–Crippen MR) is 60.7 cm³/mol. The Morgan fingerprint density at radius 2 is 2.20 bits per heavy atom. The van der Waals surface area contributed by atoms with Crippen molar-refractivity contribution >= 4 is 0 Å². The molecule has 0 heterocycles. The van der Waals surface area contributed by atoms with E-state index < -0.39 is 0 Å². The molecule has 80 valence electrons. The first-order chi connectivity index (χ1) is 7.15. The highest BCUT2D eigenvalue weighted by molar-refractivity contribution is 5.25. The fourth-order valence-electron chi connectivity index (χ4n) is 1.36. The number of hydrogen-bond donors (Lipinski definition) is 1. The summed E-state index contributed by atoms with van der Waals surface area (Å²) >= 11 is 0. The van der Waals surface area contributed by atoms with E-state index >= 15 is 0 Å². The molecule has 1 nitrogen and oxygen atoms in total. The Labute approximate surface area is 90.5 Å². The van der Waals surface area contributed by atoms with Gasteiger partial charge in [0.1, 0.15) is 5.82 Å². The maximum atomic E-state index is 13.2. The monoisotopic (exact) mass is 205 g/mol. The summed E-state index contributed by atoms with van der Waals surface area (Å²) in [5.74, 6) is 5.58. The van der Waals surface area contributed by atoms with Gasteiger partial charge in [0.15, 0.2) is 0 Å². The Hall–Kier alpha value is -1.33. The summed E-state index contributed by atoms with van der Waals surface area (Å²) < 4.78 is 13.2. The number of aryl methyl sites for hydroxylation is 1. The molecule has 0 fully saturated rings. The zero-order chi connectivity index (χ0) is 11.3. The molecule has 0 aliphatic carbocycles. The van der Waals surface area contributed by atoms with Crippen molar-refractivity contribution in [2.45, 2.75) is 32.7 Å². The molecule has 1 rings (SSSR count). The largest absolute Gasteiger partial charge is 0.324 e. The highest BCUT2D eigenvalue weighted by atomic mass is 19.1. The van der Waals surface area contributed by atoms with Gasteiger partial charge in [-0.2, -0.15) is 0 Å². The molecular formula is C13H16FN. The summed E-state index contributed by atoms with van der Waals surface area (Å²) in [6, 6.07) is 5.03. The van der Waals surface area contributed by atoms with Crippen LogP contribution in [0.25, 0.3) is 0 Å². The topological polar surface area (TPSA) is 26.0 Å². The van der Waals surface area contributed by atoms with E-state index in [1.54, 1.807) is 19.9 Å². The second-order valence-corrected chi connectivity index (χ2v) is 3.58. The molecule has 15 heavy (non-hydrogen) atoms. The van der Waals surface area contributed by atoms with E-state index in [0.29, 0.717) is 5.56 Å². The molecule has 0 aliphatic rings. The maximum absolute atomic E-state index is 13.2. The molecule has 0 spiro atoms. The Bertz CT molecular complexity index is 387. The number of benzene rings is 1. The van der Waals surface area contributed by atoms with Crippen LogP contribution in [0.4, 0.5) is 4.39 Å². The van der Waals surface area contributed by atoms with Crippen molar-refractivity contribution < 1.29 is 4.39 Å². The Morgan fingerprint density at radius 3 is 2.80 bits per heavy atom. The van der Waals surface area contributed by atoms with Crippen molar-refractivity contribution in [1.29, 1.82) is 0 Å². The summed E-state index contributed by atoms with van der Waals surface area (Å²) in [6.45, 7) is 3.55. The van der Waals surface area contributed by atoms with Crippen LogP contribution in [-0.4, -0.2) is 0 Å². The van der Waals surface area contributed by atoms with E-state index in [1.165, 1.54) is 6.07 Å². The average molecular weight is 205 g/mol. The molecule has 2 heteroatoms. The highest BCUT2D eigenvalue weighted by Gasteiger charge is 2.07. The van der Waals surface area contributed by atoms with Gasteiger partial charge in [-0.15, -0.1) is 11.8 Å². The summed E-state index contributed by atoms with van der Waals surface area (Å²) in [7, 11) is 0. The molecule has 1 atom stereocenters. The van der Waals surface area contributed by atoms with E-state index in [-0.39, 0.29) is 11.9 Å². The molecule has 0 saturated carbocycles. The van der Waals surface area contributed by atoms with Gasteiger partial charge in [-0.1, -0.05) is 12.1 Å². The van der Waals surface area contributed by atoms with Crippen molar-refractivity contribution in [3.63, 3.8) is 0 Å². The Kier molecular flexibility index (Phi) is 4.33. The number of halogens is 1. The first-order valence-electron chi connectivity index (χ1n) is 5.06. The van der Waals surface area contributed by atoms with Gasteiger partial charge in [0.05, 0.1) is 0 Å². The zero-order valence-electron chi connectivity index (χ0n) is 9.18. The van der Waals surface area contributed by atoms with Gasteiger partial charge in [-0.25, -0.2) is 4.39 Å². The molecule has 2 N–H and O–H groups in total. The van der Waals surface area contributed by atoms with E-state index in [2.05, 4.69) is 11.8 Å². The molecule has 1 aromatic rings. The fraction of sp³-hybridized carbons (Fsp3) is 0.385. The third kappa shape index (κ3) is 3.38. The minimum atomic E-state index is -0.190. The molecule has 0 amide bonds. The van der Waals surface area contributed by atoms with Crippen molar-refractivity contribution in [2.75, 3.05) is 0 Å². The van der Waals surface area contributed by atoms with Crippen LogP contribution in [0.1, 0.15) is 36.9 Å². The number of nitrogens with two attached hydrogens (primary N) is 1. The number of rotatable bonds is 3. The van der Waals surface area contributed by atoms with Gasteiger partial charge < -0.3 is 5.73 Å². The summed E-state index contributed by atoms with van der Waals surface area (Å²) in [6.07, 6.45) is 1.52. The first-order valence-corrected chi connectivity index (χ1v) is 5.06. The smallest absolute Gasteiger partial charge is 0.126 e. The quantitative estimate of drug-likeness (QED) is 0.754. The van der Waals surface area contributed by atoms with Crippen molar-refractivity contribution in [2.24, 2.45) is 5.73 Å². The molecule has 1 aromatic carbocycles. The first kappa shape index (κ1) is 11.7. The van der Waals surface area contributed by atoms with Crippen molar-refractivity contribution in [3.05, 3.63) is 35.1 Å². The van der Waals surface area contributed by atoms with Crippen LogP contribution >= 0.6 is 0 Å². The second kappa shape index (κ2) is 5.53. The van der Waals surface area contributed by atoms with E-state index in [4.69, 9.17) is 5.73 Å². The Balaban J connectivity index is 2.68. The second-order valence-electron chi connectivity index (χ2n) is 3.58.